The molecule has 0 saturated heterocycles. The van der Waals surface area contributed by atoms with Gasteiger partial charge in [-0.05, 0) is 6.42 Å². The van der Waals surface area contributed by atoms with E-state index in [9.17, 15) is 5.11 Å². The number of nitrogens with one attached hydrogen (secondary N) is 2. The van der Waals surface area contributed by atoms with Crippen LogP contribution in [0.2, 0.25) is 0 Å². The lowest BCUT2D eigenvalue weighted by molar-refractivity contribution is 0.232. The number of aromatic nitrogens is 3. The molecule has 0 bridgehead atoms. The van der Waals surface area contributed by atoms with Crippen molar-refractivity contribution in [3.8, 4) is 0 Å². The Labute approximate surface area is 112 Å². The van der Waals surface area contributed by atoms with Crippen LogP contribution in [0.5, 0.6) is 0 Å². The number of aromatic amines is 1. The molecule has 0 aliphatic rings. The van der Waals surface area contributed by atoms with Crippen molar-refractivity contribution in [3.05, 3.63) is 18.1 Å². The SMILES string of the molecule is CCCC[C@H](CO)NCc1c[nH]c2c(N)ncnc12. The van der Waals surface area contributed by atoms with Gasteiger partial charge < -0.3 is 21.1 Å². The van der Waals surface area contributed by atoms with Gasteiger partial charge in [0.25, 0.3) is 0 Å². The van der Waals surface area contributed by atoms with Crippen LogP contribution in [0.4, 0.5) is 5.82 Å². The molecule has 2 heterocycles. The highest BCUT2D eigenvalue weighted by molar-refractivity contribution is 5.86. The predicted octanol–water partition coefficient (Wildman–Crippen LogP) is 1.18. The van der Waals surface area contributed by atoms with Crippen molar-refractivity contribution in [2.24, 2.45) is 0 Å². The number of nitrogens with zero attached hydrogens (tertiary/aromatic N) is 2. The molecule has 6 heteroatoms. The zero-order chi connectivity index (χ0) is 13.7. The van der Waals surface area contributed by atoms with Gasteiger partial charge in [-0.2, -0.15) is 0 Å². The van der Waals surface area contributed by atoms with Crippen LogP contribution in [0, 0.1) is 0 Å². The number of nitrogens with two attached hydrogens (primary N) is 1. The number of H-pyrrole nitrogens is 1. The molecule has 104 valence electrons. The molecular weight excluding hydrogens is 242 g/mol. The largest absolute Gasteiger partial charge is 0.395 e. The van der Waals surface area contributed by atoms with Crippen LogP contribution >= 0.6 is 0 Å². The van der Waals surface area contributed by atoms with Crippen molar-refractivity contribution >= 4 is 16.9 Å². The van der Waals surface area contributed by atoms with E-state index in [2.05, 4.69) is 27.2 Å². The second-order valence-electron chi connectivity index (χ2n) is 4.70. The average molecular weight is 263 g/mol. The van der Waals surface area contributed by atoms with Crippen LogP contribution in [0.1, 0.15) is 31.7 Å². The lowest BCUT2D eigenvalue weighted by atomic mass is 10.1. The molecule has 0 fully saturated rings. The van der Waals surface area contributed by atoms with Crippen molar-refractivity contribution in [2.75, 3.05) is 12.3 Å². The average Bonchev–Trinajstić information content (AvgIpc) is 2.84. The minimum Gasteiger partial charge on any atom is -0.395 e. The van der Waals surface area contributed by atoms with Crippen molar-refractivity contribution < 1.29 is 5.11 Å². The summed E-state index contributed by atoms with van der Waals surface area (Å²) in [4.78, 5) is 11.3. The van der Waals surface area contributed by atoms with Gasteiger partial charge in [0, 0.05) is 24.3 Å². The second-order valence-corrected chi connectivity index (χ2v) is 4.70. The summed E-state index contributed by atoms with van der Waals surface area (Å²) in [5.74, 6) is 0.459. The number of anilines is 1. The summed E-state index contributed by atoms with van der Waals surface area (Å²) in [6, 6.07) is 0.129. The van der Waals surface area contributed by atoms with Gasteiger partial charge in [-0.3, -0.25) is 0 Å². The van der Waals surface area contributed by atoms with E-state index in [4.69, 9.17) is 5.73 Å². The first kappa shape index (κ1) is 13.8. The Hall–Kier alpha value is -1.66. The molecule has 0 radical (unpaired) electrons. The number of unbranched alkanes of at least 4 members (excludes halogenated alkanes) is 1. The van der Waals surface area contributed by atoms with E-state index < -0.39 is 0 Å². The van der Waals surface area contributed by atoms with Crippen LogP contribution in [-0.2, 0) is 6.54 Å². The zero-order valence-electron chi connectivity index (χ0n) is 11.2. The van der Waals surface area contributed by atoms with Gasteiger partial charge in [0.2, 0.25) is 0 Å². The number of hydrogen-bond acceptors (Lipinski definition) is 5. The van der Waals surface area contributed by atoms with Crippen LogP contribution < -0.4 is 11.1 Å². The lowest BCUT2D eigenvalue weighted by Crippen LogP contribution is -2.31. The van der Waals surface area contributed by atoms with Gasteiger partial charge in [-0.25, -0.2) is 9.97 Å². The number of rotatable bonds is 7. The fourth-order valence-electron chi connectivity index (χ4n) is 2.11. The summed E-state index contributed by atoms with van der Waals surface area (Å²) >= 11 is 0. The molecule has 0 saturated carbocycles. The maximum absolute atomic E-state index is 9.32. The van der Waals surface area contributed by atoms with Gasteiger partial charge in [0.1, 0.15) is 11.8 Å². The monoisotopic (exact) mass is 263 g/mol. The van der Waals surface area contributed by atoms with Crippen molar-refractivity contribution in [3.63, 3.8) is 0 Å². The summed E-state index contributed by atoms with van der Waals surface area (Å²) < 4.78 is 0. The van der Waals surface area contributed by atoms with Crippen molar-refractivity contribution in [1.82, 2.24) is 20.3 Å². The van der Waals surface area contributed by atoms with Crippen molar-refractivity contribution in [1.29, 1.82) is 0 Å². The Bertz CT molecular complexity index is 525. The number of aliphatic hydroxyl groups is 1. The smallest absolute Gasteiger partial charge is 0.151 e. The molecule has 0 unspecified atom stereocenters. The summed E-state index contributed by atoms with van der Waals surface area (Å²) in [5, 5.41) is 12.7. The molecule has 0 amide bonds. The third-order valence-corrected chi connectivity index (χ3v) is 3.28. The van der Waals surface area contributed by atoms with Crippen LogP contribution in [0.25, 0.3) is 11.0 Å². The van der Waals surface area contributed by atoms with Crippen LogP contribution in [0.15, 0.2) is 12.5 Å². The van der Waals surface area contributed by atoms with Gasteiger partial charge in [0.05, 0.1) is 12.1 Å². The molecule has 19 heavy (non-hydrogen) atoms. The highest BCUT2D eigenvalue weighted by Gasteiger charge is 2.10. The Morgan fingerprint density at radius 1 is 1.47 bits per heavy atom. The summed E-state index contributed by atoms with van der Waals surface area (Å²) in [6.07, 6.45) is 6.58. The first-order chi connectivity index (χ1) is 9.26. The molecule has 5 N–H and O–H groups in total. The Kier molecular flexibility index (Phi) is 4.70. The Morgan fingerprint density at radius 3 is 3.05 bits per heavy atom. The molecular formula is C13H21N5O. The van der Waals surface area contributed by atoms with Gasteiger partial charge in [-0.15, -0.1) is 0 Å². The standard InChI is InChI=1S/C13H21N5O/c1-2-3-4-10(7-19)15-5-9-6-16-12-11(9)17-8-18-13(12)14/h6,8,10,15-16,19H,2-5,7H2,1H3,(H2,14,17,18)/t10-/m1/s1. The Morgan fingerprint density at radius 2 is 2.32 bits per heavy atom. The van der Waals surface area contributed by atoms with Gasteiger partial charge in [-0.1, -0.05) is 19.8 Å². The minimum absolute atomic E-state index is 0.129. The molecule has 6 nitrogen and oxygen atoms in total. The Balaban J connectivity index is 2.03. The quantitative estimate of drug-likeness (QED) is 0.601. The van der Waals surface area contributed by atoms with E-state index in [1.165, 1.54) is 6.33 Å². The van der Waals surface area contributed by atoms with E-state index in [1.54, 1.807) is 0 Å². The maximum Gasteiger partial charge on any atom is 0.151 e. The van der Waals surface area contributed by atoms with Crippen LogP contribution in [-0.4, -0.2) is 32.7 Å². The van der Waals surface area contributed by atoms with E-state index in [-0.39, 0.29) is 12.6 Å². The first-order valence-corrected chi connectivity index (χ1v) is 6.67. The maximum atomic E-state index is 9.32. The van der Waals surface area contributed by atoms with E-state index >= 15 is 0 Å². The van der Waals surface area contributed by atoms with E-state index in [1.807, 2.05) is 6.20 Å². The molecule has 2 aromatic heterocycles. The lowest BCUT2D eigenvalue weighted by Gasteiger charge is -2.15. The molecule has 2 rings (SSSR count). The first-order valence-electron chi connectivity index (χ1n) is 6.67. The van der Waals surface area contributed by atoms with Crippen LogP contribution in [0.3, 0.4) is 0 Å². The van der Waals surface area contributed by atoms with Gasteiger partial charge >= 0.3 is 0 Å². The van der Waals surface area contributed by atoms with Crippen molar-refractivity contribution in [2.45, 2.75) is 38.8 Å². The highest BCUT2D eigenvalue weighted by atomic mass is 16.3. The summed E-state index contributed by atoms with van der Waals surface area (Å²) in [7, 11) is 0. The molecule has 2 aromatic rings. The second kappa shape index (κ2) is 6.49. The van der Waals surface area contributed by atoms with E-state index in [0.29, 0.717) is 12.4 Å². The summed E-state index contributed by atoms with van der Waals surface area (Å²) in [6.45, 7) is 2.96. The third kappa shape index (κ3) is 3.21. The normalized spacial score (nSPS) is 12.9. The number of nitrogen functional groups attached to an aromatic ring is 1. The van der Waals surface area contributed by atoms with E-state index in [0.717, 1.165) is 35.9 Å². The zero-order valence-corrected chi connectivity index (χ0v) is 11.2. The predicted molar refractivity (Wildman–Crippen MR) is 75.5 cm³/mol. The molecule has 0 aliphatic heterocycles. The topological polar surface area (TPSA) is 99.8 Å². The molecule has 0 aliphatic carbocycles. The fraction of sp³-hybridized carbons (Fsp3) is 0.538. The van der Waals surface area contributed by atoms with Gasteiger partial charge in [0.15, 0.2) is 5.82 Å². The molecule has 0 spiro atoms. The molecule has 0 aromatic carbocycles. The number of fused-ring (bicyclic) bond motifs is 1. The number of aliphatic hydroxyl groups excluding tert-OH is 1. The minimum atomic E-state index is 0.129. The third-order valence-electron chi connectivity index (χ3n) is 3.28. The fourth-order valence-corrected chi connectivity index (χ4v) is 2.11. The summed E-state index contributed by atoms with van der Waals surface area (Å²) in [5.41, 5.74) is 8.43. The highest BCUT2D eigenvalue weighted by Crippen LogP contribution is 2.19. The molecule has 1 atom stereocenters. The number of hydrogen-bond donors (Lipinski definition) is 4.